The van der Waals surface area contributed by atoms with Crippen LogP contribution in [0.3, 0.4) is 0 Å². The van der Waals surface area contributed by atoms with E-state index in [1.54, 1.807) is 0 Å². The Morgan fingerprint density at radius 3 is 2.26 bits per heavy atom. The average Bonchev–Trinajstić information content (AvgIpc) is 3.28. The van der Waals surface area contributed by atoms with Gasteiger partial charge in [-0.2, -0.15) is 0 Å². The van der Waals surface area contributed by atoms with Gasteiger partial charge in [0.25, 0.3) is 0 Å². The number of nitrogens with zero attached hydrogens (tertiary/aromatic N) is 1. The Kier molecular flexibility index (Phi) is 8.07. The molecule has 0 aromatic heterocycles. The first kappa shape index (κ1) is 25.6. The molecule has 1 N–H and O–H groups in total. The average molecular weight is 511 g/mol. The molecule has 1 saturated heterocycles. The van der Waals surface area contributed by atoms with E-state index in [1.807, 2.05) is 77.7 Å². The van der Waals surface area contributed by atoms with Gasteiger partial charge in [0, 0.05) is 12.6 Å². The first-order valence-electron chi connectivity index (χ1n) is 13.3. The minimum Gasteiger partial charge on any atom is -0.489 e. The van der Waals surface area contributed by atoms with Crippen molar-refractivity contribution >= 4 is 17.6 Å². The maximum atomic E-state index is 13.2. The lowest BCUT2D eigenvalue weighted by Crippen LogP contribution is -2.51. The van der Waals surface area contributed by atoms with E-state index in [-0.39, 0.29) is 24.1 Å². The van der Waals surface area contributed by atoms with Gasteiger partial charge < -0.3 is 19.7 Å². The topological polar surface area (TPSA) is 67.9 Å². The van der Waals surface area contributed by atoms with Gasteiger partial charge in [-0.3, -0.25) is 0 Å². The Morgan fingerprint density at radius 2 is 1.58 bits per heavy atom. The fourth-order valence-electron chi connectivity index (χ4n) is 5.58. The summed E-state index contributed by atoms with van der Waals surface area (Å²) in [5.41, 5.74) is 4.90. The zero-order valence-corrected chi connectivity index (χ0v) is 21.8. The Bertz CT molecular complexity index is 1270. The fraction of sp³-hybridized carbons (Fsp3) is 0.312. The highest BCUT2D eigenvalue weighted by Gasteiger charge is 2.46. The van der Waals surface area contributed by atoms with Crippen molar-refractivity contribution in [2.24, 2.45) is 0 Å². The number of carbonyl (C=O) groups is 2. The van der Waals surface area contributed by atoms with Crippen LogP contribution in [0.25, 0.3) is 5.57 Å². The first-order valence-corrected chi connectivity index (χ1v) is 13.3. The third kappa shape index (κ3) is 5.75. The Balaban J connectivity index is 1.27. The van der Waals surface area contributed by atoms with Gasteiger partial charge in [0.2, 0.25) is 0 Å². The molecule has 2 amide bonds. The number of methoxy groups -OCH3 is 1. The molecule has 5 rings (SSSR count). The van der Waals surface area contributed by atoms with Crippen molar-refractivity contribution in [2.45, 2.75) is 50.8 Å². The van der Waals surface area contributed by atoms with Crippen LogP contribution in [0.4, 0.5) is 4.79 Å². The van der Waals surface area contributed by atoms with Crippen molar-refractivity contribution in [1.82, 2.24) is 10.2 Å². The van der Waals surface area contributed by atoms with Crippen molar-refractivity contribution in [3.8, 4) is 5.75 Å². The first-order chi connectivity index (χ1) is 18.6. The van der Waals surface area contributed by atoms with Crippen LogP contribution in [0, 0.1) is 0 Å². The highest BCUT2D eigenvalue weighted by atomic mass is 16.5. The lowest BCUT2D eigenvalue weighted by molar-refractivity contribution is -0.136. The number of hydrogen-bond acceptors (Lipinski definition) is 4. The molecular formula is C32H34N2O4. The number of nitrogens with one attached hydrogen (secondary N) is 1. The largest absolute Gasteiger partial charge is 0.489 e. The van der Waals surface area contributed by atoms with Gasteiger partial charge in [0.05, 0.1) is 18.7 Å². The molecule has 196 valence electrons. The second-order valence-corrected chi connectivity index (χ2v) is 9.86. The fourth-order valence-corrected chi connectivity index (χ4v) is 5.58. The van der Waals surface area contributed by atoms with Crippen LogP contribution in [0.15, 0.2) is 90.5 Å². The van der Waals surface area contributed by atoms with E-state index in [0.717, 1.165) is 48.1 Å². The number of benzene rings is 3. The molecule has 6 heteroatoms. The van der Waals surface area contributed by atoms with Crippen LogP contribution in [0.1, 0.15) is 42.4 Å². The number of rotatable bonds is 9. The summed E-state index contributed by atoms with van der Waals surface area (Å²) in [7, 11) is 1.41. The molecule has 0 aliphatic carbocycles. The smallest absolute Gasteiger partial charge is 0.336 e. The summed E-state index contributed by atoms with van der Waals surface area (Å²) in [6.07, 6.45) is 4.03. The molecule has 2 bridgehead atoms. The van der Waals surface area contributed by atoms with Crippen LogP contribution in [-0.4, -0.2) is 42.6 Å². The summed E-state index contributed by atoms with van der Waals surface area (Å²) in [4.78, 5) is 28.1. The van der Waals surface area contributed by atoms with Crippen LogP contribution < -0.4 is 10.1 Å². The molecule has 38 heavy (non-hydrogen) atoms. The minimum atomic E-state index is -0.364. The molecule has 0 unspecified atom stereocenters. The zero-order valence-electron chi connectivity index (χ0n) is 21.8. The third-order valence-electron chi connectivity index (χ3n) is 7.45. The van der Waals surface area contributed by atoms with E-state index in [9.17, 15) is 9.59 Å². The highest BCUT2D eigenvalue weighted by molar-refractivity contribution is 6.01. The van der Waals surface area contributed by atoms with Crippen molar-refractivity contribution in [3.63, 3.8) is 0 Å². The molecule has 2 aliphatic rings. The van der Waals surface area contributed by atoms with Crippen molar-refractivity contribution in [1.29, 1.82) is 0 Å². The molecule has 0 spiro atoms. The molecule has 2 aliphatic heterocycles. The van der Waals surface area contributed by atoms with Gasteiger partial charge >= 0.3 is 12.0 Å². The van der Waals surface area contributed by atoms with Crippen LogP contribution in [0.2, 0.25) is 0 Å². The number of ether oxygens (including phenoxy) is 2. The second-order valence-electron chi connectivity index (χ2n) is 9.86. The molecule has 6 nitrogen and oxygen atoms in total. The van der Waals surface area contributed by atoms with Crippen LogP contribution in [0.5, 0.6) is 5.75 Å². The Morgan fingerprint density at radius 1 is 0.895 bits per heavy atom. The number of carbonyl (C=O) groups excluding carboxylic acids is 2. The SMILES string of the molecule is COC(=O)C1=C(c2ccc(OCc3ccccc3)cc2)C[C@@H]2CC[C@H]1N2C(=O)NCCCc1ccccc1. The number of amides is 2. The van der Waals surface area contributed by atoms with E-state index in [1.165, 1.54) is 12.7 Å². The van der Waals surface area contributed by atoms with E-state index in [4.69, 9.17) is 9.47 Å². The van der Waals surface area contributed by atoms with Gasteiger partial charge in [-0.25, -0.2) is 9.59 Å². The summed E-state index contributed by atoms with van der Waals surface area (Å²) < 4.78 is 11.1. The molecule has 3 aromatic carbocycles. The van der Waals surface area contributed by atoms with Gasteiger partial charge in [-0.05, 0) is 66.5 Å². The molecule has 0 radical (unpaired) electrons. The lowest BCUT2D eigenvalue weighted by Gasteiger charge is -2.37. The molecule has 0 saturated carbocycles. The number of urea groups is 1. The minimum absolute atomic E-state index is 0.0616. The van der Waals surface area contributed by atoms with Gasteiger partial charge in [-0.1, -0.05) is 72.8 Å². The molecule has 1 fully saturated rings. The molecular weight excluding hydrogens is 476 g/mol. The summed E-state index contributed by atoms with van der Waals surface area (Å²) in [5, 5.41) is 3.09. The van der Waals surface area contributed by atoms with E-state index < -0.39 is 0 Å². The number of hydrogen-bond donors (Lipinski definition) is 1. The molecule has 2 heterocycles. The zero-order chi connectivity index (χ0) is 26.3. The van der Waals surface area contributed by atoms with Crippen molar-refractivity contribution in [2.75, 3.05) is 13.7 Å². The monoisotopic (exact) mass is 510 g/mol. The Labute approximate surface area is 224 Å². The van der Waals surface area contributed by atoms with Crippen LogP contribution >= 0.6 is 0 Å². The number of aryl methyl sites for hydroxylation is 1. The van der Waals surface area contributed by atoms with Gasteiger partial charge in [-0.15, -0.1) is 0 Å². The maximum absolute atomic E-state index is 13.2. The van der Waals surface area contributed by atoms with E-state index in [0.29, 0.717) is 25.1 Å². The summed E-state index contributed by atoms with van der Waals surface area (Å²) in [5.74, 6) is 0.407. The standard InChI is InChI=1S/C32H34N2O4/c1-37-31(35)30-28(25-14-17-27(18-15-25)38-22-24-11-6-3-7-12-24)21-26-16-19-29(30)34(26)32(36)33-20-8-13-23-9-4-2-5-10-23/h2-7,9-12,14-15,17-18,26,29H,8,13,16,19-22H2,1H3,(H,33,36)/t26-,29+/m0/s1. The van der Waals surface area contributed by atoms with Crippen LogP contribution in [-0.2, 0) is 22.6 Å². The van der Waals surface area contributed by atoms with Gasteiger partial charge in [0.1, 0.15) is 12.4 Å². The number of fused-ring (bicyclic) bond motifs is 2. The normalized spacial score (nSPS) is 18.3. The van der Waals surface area contributed by atoms with E-state index in [2.05, 4.69) is 17.4 Å². The van der Waals surface area contributed by atoms with E-state index >= 15 is 0 Å². The third-order valence-corrected chi connectivity index (χ3v) is 7.45. The predicted molar refractivity (Wildman–Crippen MR) is 148 cm³/mol. The highest BCUT2D eigenvalue weighted by Crippen LogP contribution is 2.43. The summed E-state index contributed by atoms with van der Waals surface area (Å²) in [6, 6.07) is 27.9. The van der Waals surface area contributed by atoms with Crippen molar-refractivity contribution < 1.29 is 19.1 Å². The lowest BCUT2D eigenvalue weighted by atomic mass is 9.88. The second kappa shape index (κ2) is 12.0. The maximum Gasteiger partial charge on any atom is 0.336 e. The Hall–Kier alpha value is -4.06. The van der Waals surface area contributed by atoms with Crippen molar-refractivity contribution in [3.05, 3.63) is 107 Å². The van der Waals surface area contributed by atoms with Gasteiger partial charge in [0.15, 0.2) is 0 Å². The molecule has 3 aromatic rings. The quantitative estimate of drug-likeness (QED) is 0.293. The summed E-state index contributed by atoms with van der Waals surface area (Å²) in [6.45, 7) is 1.09. The summed E-state index contributed by atoms with van der Waals surface area (Å²) >= 11 is 0. The number of esters is 1. The molecule has 2 atom stereocenters. The predicted octanol–water partition coefficient (Wildman–Crippen LogP) is 5.77.